The molecule has 10 heavy (non-hydrogen) atoms. The van der Waals surface area contributed by atoms with Gasteiger partial charge in [-0.15, -0.1) is 6.42 Å². The van der Waals surface area contributed by atoms with Gasteiger partial charge in [0.2, 0.25) is 0 Å². The first-order valence-electron chi connectivity index (χ1n) is 3.45. The molecule has 52 valence electrons. The molecule has 1 heterocycles. The summed E-state index contributed by atoms with van der Waals surface area (Å²) in [5.74, 6) is 3.10. The number of allylic oxidation sites excluding steroid dienone is 1. The summed E-state index contributed by atoms with van der Waals surface area (Å²) in [4.78, 5) is 4.14. The van der Waals surface area contributed by atoms with Crippen LogP contribution in [-0.4, -0.2) is 12.3 Å². The molecule has 0 fully saturated rings. The van der Waals surface area contributed by atoms with Crippen molar-refractivity contribution in [3.05, 3.63) is 11.6 Å². The molecule has 0 aromatic heterocycles. The van der Waals surface area contributed by atoms with Crippen molar-refractivity contribution >= 4 is 5.71 Å². The molecule has 0 atom stereocenters. The van der Waals surface area contributed by atoms with Crippen LogP contribution in [0.2, 0.25) is 0 Å². The van der Waals surface area contributed by atoms with E-state index < -0.39 is 0 Å². The predicted octanol–water partition coefficient (Wildman–Crippen LogP) is 1.66. The van der Waals surface area contributed by atoms with Gasteiger partial charge in [0.05, 0.1) is 6.54 Å². The molecule has 0 unspecified atom stereocenters. The molecule has 0 bridgehead atoms. The molecule has 0 amide bonds. The molecule has 0 saturated heterocycles. The van der Waals surface area contributed by atoms with E-state index in [0.717, 1.165) is 12.3 Å². The summed E-state index contributed by atoms with van der Waals surface area (Å²) in [5.41, 5.74) is 2.14. The highest BCUT2D eigenvalue weighted by atomic mass is 14.8. The Kier molecular flexibility index (Phi) is 1.91. The molecule has 0 aromatic rings. The van der Waals surface area contributed by atoms with Gasteiger partial charge in [-0.25, -0.2) is 0 Å². The van der Waals surface area contributed by atoms with Gasteiger partial charge in [0, 0.05) is 0 Å². The van der Waals surface area contributed by atoms with Crippen LogP contribution in [0, 0.1) is 18.3 Å². The minimum atomic E-state index is 0.578. The van der Waals surface area contributed by atoms with Gasteiger partial charge in [-0.3, -0.25) is 4.99 Å². The molecule has 1 nitrogen and oxygen atoms in total. The van der Waals surface area contributed by atoms with Gasteiger partial charge in [-0.2, -0.15) is 0 Å². The van der Waals surface area contributed by atoms with Gasteiger partial charge in [-0.05, 0) is 17.6 Å². The maximum absolute atomic E-state index is 5.17. The Hall–Kier alpha value is -1.03. The Morgan fingerprint density at radius 1 is 1.70 bits per heavy atom. The quantitative estimate of drug-likeness (QED) is 0.482. The molecular formula is C9H11N. The summed E-state index contributed by atoms with van der Waals surface area (Å²) >= 11 is 0. The van der Waals surface area contributed by atoms with Crippen molar-refractivity contribution in [3.63, 3.8) is 0 Å². The SMILES string of the molecule is C#CC1=NCC(C(C)C)=C1. The normalized spacial score (nSPS) is 16.6. The van der Waals surface area contributed by atoms with E-state index in [2.05, 4.69) is 24.8 Å². The van der Waals surface area contributed by atoms with Crippen molar-refractivity contribution in [2.45, 2.75) is 13.8 Å². The van der Waals surface area contributed by atoms with Crippen LogP contribution in [0.1, 0.15) is 13.8 Å². The fourth-order valence-electron chi connectivity index (χ4n) is 0.880. The molecule has 1 aliphatic heterocycles. The van der Waals surface area contributed by atoms with Crippen molar-refractivity contribution < 1.29 is 0 Å². The smallest absolute Gasteiger partial charge is 0.107 e. The largest absolute Gasteiger partial charge is 0.272 e. The van der Waals surface area contributed by atoms with Crippen molar-refractivity contribution in [1.29, 1.82) is 0 Å². The highest BCUT2D eigenvalue weighted by Gasteiger charge is 2.08. The van der Waals surface area contributed by atoms with Crippen LogP contribution in [0.3, 0.4) is 0 Å². The summed E-state index contributed by atoms with van der Waals surface area (Å²) in [6, 6.07) is 0. The fraction of sp³-hybridized carbons (Fsp3) is 0.444. The summed E-state index contributed by atoms with van der Waals surface area (Å²) in [6.07, 6.45) is 7.18. The minimum absolute atomic E-state index is 0.578. The molecule has 0 aliphatic carbocycles. The number of rotatable bonds is 1. The third-order valence-corrected chi connectivity index (χ3v) is 1.64. The second-order valence-corrected chi connectivity index (χ2v) is 2.72. The van der Waals surface area contributed by atoms with Gasteiger partial charge in [-0.1, -0.05) is 19.8 Å². The maximum Gasteiger partial charge on any atom is 0.107 e. The van der Waals surface area contributed by atoms with Crippen LogP contribution >= 0.6 is 0 Å². The van der Waals surface area contributed by atoms with E-state index in [4.69, 9.17) is 6.42 Å². The van der Waals surface area contributed by atoms with E-state index in [1.807, 2.05) is 6.08 Å². The summed E-state index contributed by atoms with van der Waals surface area (Å²) in [5, 5.41) is 0. The van der Waals surface area contributed by atoms with E-state index in [1.165, 1.54) is 5.57 Å². The lowest BCUT2D eigenvalue weighted by molar-refractivity contribution is 0.754. The molecule has 0 radical (unpaired) electrons. The lowest BCUT2D eigenvalue weighted by Crippen LogP contribution is -1.93. The number of hydrogen-bond donors (Lipinski definition) is 0. The lowest BCUT2D eigenvalue weighted by atomic mass is 10.0. The monoisotopic (exact) mass is 133 g/mol. The van der Waals surface area contributed by atoms with Crippen LogP contribution in [-0.2, 0) is 0 Å². The van der Waals surface area contributed by atoms with E-state index >= 15 is 0 Å². The van der Waals surface area contributed by atoms with Crippen molar-refractivity contribution in [3.8, 4) is 12.3 Å². The average molecular weight is 133 g/mol. The number of hydrogen-bond acceptors (Lipinski definition) is 1. The average Bonchev–Trinajstić information content (AvgIpc) is 2.34. The number of terminal acetylenes is 1. The Balaban J connectivity index is 2.69. The number of nitrogens with zero attached hydrogens (tertiary/aromatic N) is 1. The summed E-state index contributed by atoms with van der Waals surface area (Å²) in [7, 11) is 0. The van der Waals surface area contributed by atoms with E-state index in [9.17, 15) is 0 Å². The predicted molar refractivity (Wildman–Crippen MR) is 44.1 cm³/mol. The first-order chi connectivity index (χ1) is 4.74. The molecule has 1 rings (SSSR count). The zero-order chi connectivity index (χ0) is 7.56. The first-order valence-corrected chi connectivity index (χ1v) is 3.45. The topological polar surface area (TPSA) is 12.4 Å². The molecule has 1 aliphatic rings. The Morgan fingerprint density at radius 2 is 2.40 bits per heavy atom. The molecular weight excluding hydrogens is 122 g/mol. The third kappa shape index (κ3) is 1.27. The van der Waals surface area contributed by atoms with Crippen molar-refractivity contribution in [2.24, 2.45) is 10.9 Å². The van der Waals surface area contributed by atoms with E-state index in [1.54, 1.807) is 0 Å². The molecule has 0 spiro atoms. The van der Waals surface area contributed by atoms with Gasteiger partial charge in [0.15, 0.2) is 0 Å². The van der Waals surface area contributed by atoms with Crippen LogP contribution in [0.15, 0.2) is 16.6 Å². The summed E-state index contributed by atoms with van der Waals surface area (Å²) in [6.45, 7) is 5.11. The highest BCUT2D eigenvalue weighted by Crippen LogP contribution is 2.14. The van der Waals surface area contributed by atoms with Crippen LogP contribution in [0.4, 0.5) is 0 Å². The third-order valence-electron chi connectivity index (χ3n) is 1.64. The first kappa shape index (κ1) is 7.08. The second-order valence-electron chi connectivity index (χ2n) is 2.72. The summed E-state index contributed by atoms with van der Waals surface area (Å²) < 4.78 is 0. The van der Waals surface area contributed by atoms with Crippen molar-refractivity contribution in [1.82, 2.24) is 0 Å². The molecule has 0 N–H and O–H groups in total. The van der Waals surface area contributed by atoms with Gasteiger partial charge in [0.1, 0.15) is 5.71 Å². The molecule has 0 aromatic carbocycles. The van der Waals surface area contributed by atoms with E-state index in [0.29, 0.717) is 5.92 Å². The molecule has 1 heteroatoms. The Labute approximate surface area is 61.9 Å². The van der Waals surface area contributed by atoms with Crippen LogP contribution in [0.25, 0.3) is 0 Å². The fourth-order valence-corrected chi connectivity index (χ4v) is 0.880. The second kappa shape index (κ2) is 2.70. The lowest BCUT2D eigenvalue weighted by Gasteiger charge is -2.01. The van der Waals surface area contributed by atoms with Crippen molar-refractivity contribution in [2.75, 3.05) is 6.54 Å². The zero-order valence-electron chi connectivity index (χ0n) is 6.39. The standard InChI is InChI=1S/C9H11N/c1-4-9-5-8(6-10-9)7(2)3/h1,5,7H,6H2,2-3H3. The van der Waals surface area contributed by atoms with Gasteiger partial charge in [0.25, 0.3) is 0 Å². The molecule has 0 saturated carbocycles. The van der Waals surface area contributed by atoms with Gasteiger partial charge >= 0.3 is 0 Å². The Morgan fingerprint density at radius 3 is 2.70 bits per heavy atom. The minimum Gasteiger partial charge on any atom is -0.272 e. The zero-order valence-corrected chi connectivity index (χ0v) is 6.39. The van der Waals surface area contributed by atoms with Gasteiger partial charge < -0.3 is 0 Å². The maximum atomic E-state index is 5.17. The number of aliphatic imine (C=N–C) groups is 1. The van der Waals surface area contributed by atoms with E-state index in [-0.39, 0.29) is 0 Å². The highest BCUT2D eigenvalue weighted by molar-refractivity contribution is 6.10. The van der Waals surface area contributed by atoms with Crippen LogP contribution in [0.5, 0.6) is 0 Å². The Bertz CT molecular complexity index is 226. The van der Waals surface area contributed by atoms with Crippen LogP contribution < -0.4 is 0 Å².